The Kier molecular flexibility index (Phi) is 5.17. The highest BCUT2D eigenvalue weighted by Gasteiger charge is 2.52. The quantitative estimate of drug-likeness (QED) is 0.589. The summed E-state index contributed by atoms with van der Waals surface area (Å²) in [6.45, 7) is 4.11. The van der Waals surface area contributed by atoms with E-state index in [4.69, 9.17) is 0 Å². The third kappa shape index (κ3) is 3.86. The van der Waals surface area contributed by atoms with Crippen LogP contribution in [0.3, 0.4) is 0 Å². The summed E-state index contributed by atoms with van der Waals surface area (Å²) in [4.78, 5) is 26.4. The van der Waals surface area contributed by atoms with Crippen molar-refractivity contribution in [3.05, 3.63) is 35.4 Å². The molecule has 1 N–H and O–H groups in total. The monoisotopic (exact) mass is 420 g/mol. The highest BCUT2D eigenvalue weighted by atomic mass is 32.2. The second-order valence-corrected chi connectivity index (χ2v) is 10.6. The van der Waals surface area contributed by atoms with Gasteiger partial charge in [-0.1, -0.05) is 52.9 Å². The van der Waals surface area contributed by atoms with E-state index < -0.39 is 6.04 Å². The van der Waals surface area contributed by atoms with Crippen LogP contribution in [0.15, 0.2) is 28.6 Å². The van der Waals surface area contributed by atoms with E-state index in [2.05, 4.69) is 46.7 Å². The molecule has 0 radical (unpaired) electrons. The molecule has 2 aromatic rings. The van der Waals surface area contributed by atoms with E-state index >= 15 is 0 Å². The van der Waals surface area contributed by atoms with E-state index in [-0.39, 0.29) is 16.7 Å². The van der Waals surface area contributed by atoms with E-state index in [0.29, 0.717) is 17.3 Å². The van der Waals surface area contributed by atoms with Crippen molar-refractivity contribution in [3.63, 3.8) is 0 Å². The molecule has 9 heteroatoms. The summed E-state index contributed by atoms with van der Waals surface area (Å²) >= 11 is 4.65. The Bertz CT molecular complexity index is 870. The van der Waals surface area contributed by atoms with Crippen LogP contribution in [0.25, 0.3) is 0 Å². The van der Waals surface area contributed by atoms with Gasteiger partial charge in [-0.2, -0.15) is 0 Å². The highest BCUT2D eigenvalue weighted by Crippen LogP contribution is 2.47. The zero-order valence-electron chi connectivity index (χ0n) is 15.1. The van der Waals surface area contributed by atoms with Gasteiger partial charge in [-0.3, -0.25) is 14.9 Å². The minimum absolute atomic E-state index is 0.0641. The lowest BCUT2D eigenvalue weighted by Gasteiger charge is -2.29. The average molecular weight is 421 g/mol. The lowest BCUT2D eigenvalue weighted by Crippen LogP contribution is -2.48. The third-order valence-corrected chi connectivity index (χ3v) is 8.42. The number of aryl methyl sites for hydroxylation is 1. The van der Waals surface area contributed by atoms with Gasteiger partial charge < -0.3 is 4.90 Å². The molecule has 4 rings (SSSR count). The van der Waals surface area contributed by atoms with Crippen molar-refractivity contribution in [2.45, 2.75) is 47.7 Å². The zero-order chi connectivity index (χ0) is 19.0. The van der Waals surface area contributed by atoms with Gasteiger partial charge in [-0.25, -0.2) is 0 Å². The summed E-state index contributed by atoms with van der Waals surface area (Å²) in [5, 5.41) is 11.6. The number of anilines is 1. The molecule has 2 fully saturated rings. The maximum Gasteiger partial charge on any atom is 0.249 e. The first-order chi connectivity index (χ1) is 12.9. The highest BCUT2D eigenvalue weighted by molar-refractivity contribution is 8.01. The van der Waals surface area contributed by atoms with Crippen LogP contribution in [-0.4, -0.2) is 43.6 Å². The molecular formula is C18H20N4O2S3. The van der Waals surface area contributed by atoms with E-state index in [1.807, 2.05) is 6.92 Å². The summed E-state index contributed by atoms with van der Waals surface area (Å²) in [6.07, 6.45) is 1.32. The molecule has 0 unspecified atom stereocenters. The fourth-order valence-corrected chi connectivity index (χ4v) is 6.49. The molecule has 1 aromatic heterocycles. The standard InChI is InChI=1S/C18H20N4O2S3/c1-11-3-5-12(6-4-11)9-25-17-21-20-16(27-17)19-15(24)13-10-26-18(2)8-7-14(23)22(13)18/h3-6,13H,7-10H2,1-2H3,(H,19,20,24)/t13-,18-/m0/s1. The minimum Gasteiger partial charge on any atom is -0.315 e. The van der Waals surface area contributed by atoms with Gasteiger partial charge in [0.2, 0.25) is 16.9 Å². The van der Waals surface area contributed by atoms with Gasteiger partial charge >= 0.3 is 0 Å². The lowest BCUT2D eigenvalue weighted by molar-refractivity contribution is -0.135. The number of hydrogen-bond donors (Lipinski definition) is 1. The summed E-state index contributed by atoms with van der Waals surface area (Å²) in [5.74, 6) is 1.33. The number of benzene rings is 1. The largest absolute Gasteiger partial charge is 0.315 e. The van der Waals surface area contributed by atoms with Crippen LogP contribution in [0.1, 0.15) is 30.9 Å². The van der Waals surface area contributed by atoms with Crippen LogP contribution in [0, 0.1) is 6.92 Å². The molecule has 1 aromatic carbocycles. The number of thioether (sulfide) groups is 2. The average Bonchev–Trinajstić information content (AvgIpc) is 3.31. The van der Waals surface area contributed by atoms with E-state index in [1.54, 1.807) is 28.4 Å². The first kappa shape index (κ1) is 18.8. The summed E-state index contributed by atoms with van der Waals surface area (Å²) in [7, 11) is 0. The van der Waals surface area contributed by atoms with Crippen molar-refractivity contribution in [2.24, 2.45) is 0 Å². The number of nitrogens with one attached hydrogen (secondary N) is 1. The van der Waals surface area contributed by atoms with Crippen LogP contribution in [0.4, 0.5) is 5.13 Å². The predicted molar refractivity (Wildman–Crippen MR) is 110 cm³/mol. The topological polar surface area (TPSA) is 75.2 Å². The SMILES string of the molecule is Cc1ccc(CSc2nnc(NC(=O)[C@@H]3CS[C@@]4(C)CCC(=O)N34)s2)cc1. The summed E-state index contributed by atoms with van der Waals surface area (Å²) < 4.78 is 0.814. The van der Waals surface area contributed by atoms with Gasteiger partial charge in [-0.05, 0) is 25.8 Å². The molecule has 142 valence electrons. The maximum atomic E-state index is 12.7. The first-order valence-corrected chi connectivity index (χ1v) is 11.5. The zero-order valence-corrected chi connectivity index (χ0v) is 17.5. The molecule has 2 atom stereocenters. The molecule has 0 bridgehead atoms. The van der Waals surface area contributed by atoms with Crippen LogP contribution >= 0.6 is 34.9 Å². The van der Waals surface area contributed by atoms with Crippen molar-refractivity contribution in [2.75, 3.05) is 11.1 Å². The second-order valence-electron chi connectivity index (χ2n) is 6.90. The molecule has 2 aliphatic rings. The number of fused-ring (bicyclic) bond motifs is 1. The molecule has 0 saturated carbocycles. The Hall–Kier alpha value is -1.58. The Morgan fingerprint density at radius 1 is 1.37 bits per heavy atom. The minimum atomic E-state index is -0.428. The summed E-state index contributed by atoms with van der Waals surface area (Å²) in [5.41, 5.74) is 2.46. The van der Waals surface area contributed by atoms with Gasteiger partial charge in [0.25, 0.3) is 0 Å². The van der Waals surface area contributed by atoms with Crippen LogP contribution in [0.5, 0.6) is 0 Å². The fourth-order valence-electron chi connectivity index (χ4n) is 3.35. The van der Waals surface area contributed by atoms with Gasteiger partial charge in [-0.15, -0.1) is 22.0 Å². The van der Waals surface area contributed by atoms with E-state index in [9.17, 15) is 9.59 Å². The normalized spacial score (nSPS) is 24.3. The molecule has 27 heavy (non-hydrogen) atoms. The molecule has 2 saturated heterocycles. The Balaban J connectivity index is 1.36. The van der Waals surface area contributed by atoms with Crippen LogP contribution in [-0.2, 0) is 15.3 Å². The fraction of sp³-hybridized carbons (Fsp3) is 0.444. The van der Waals surface area contributed by atoms with Gasteiger partial charge in [0, 0.05) is 17.9 Å². The maximum absolute atomic E-state index is 12.7. The summed E-state index contributed by atoms with van der Waals surface area (Å²) in [6, 6.07) is 7.97. The van der Waals surface area contributed by atoms with Gasteiger partial charge in [0.1, 0.15) is 6.04 Å². The first-order valence-electron chi connectivity index (χ1n) is 8.73. The molecular weight excluding hydrogens is 400 g/mol. The van der Waals surface area contributed by atoms with Crippen molar-refractivity contribution in [3.8, 4) is 0 Å². The van der Waals surface area contributed by atoms with Crippen molar-refractivity contribution < 1.29 is 9.59 Å². The van der Waals surface area contributed by atoms with Crippen LogP contribution in [0.2, 0.25) is 0 Å². The Morgan fingerprint density at radius 3 is 2.93 bits per heavy atom. The number of rotatable bonds is 5. The smallest absolute Gasteiger partial charge is 0.249 e. The molecule has 2 amide bonds. The number of hydrogen-bond acceptors (Lipinski definition) is 7. The Labute approximate surface area is 170 Å². The van der Waals surface area contributed by atoms with Crippen molar-refractivity contribution in [1.82, 2.24) is 15.1 Å². The van der Waals surface area contributed by atoms with Crippen molar-refractivity contribution in [1.29, 1.82) is 0 Å². The number of aromatic nitrogens is 2. The molecule has 0 spiro atoms. The van der Waals surface area contributed by atoms with Gasteiger partial charge in [0.05, 0.1) is 4.87 Å². The van der Waals surface area contributed by atoms with Crippen molar-refractivity contribution >= 4 is 51.8 Å². The van der Waals surface area contributed by atoms with E-state index in [0.717, 1.165) is 16.5 Å². The van der Waals surface area contributed by atoms with E-state index in [1.165, 1.54) is 22.5 Å². The Morgan fingerprint density at radius 2 is 2.15 bits per heavy atom. The second kappa shape index (κ2) is 7.44. The third-order valence-electron chi connectivity index (χ3n) is 4.87. The number of carbonyl (C=O) groups is 2. The number of nitrogens with zero attached hydrogens (tertiary/aromatic N) is 3. The number of amides is 2. The van der Waals surface area contributed by atoms with Gasteiger partial charge in [0.15, 0.2) is 4.34 Å². The molecule has 6 nitrogen and oxygen atoms in total. The predicted octanol–water partition coefficient (Wildman–Crippen LogP) is 3.53. The number of carbonyl (C=O) groups excluding carboxylic acids is 2. The molecule has 0 aliphatic carbocycles. The molecule has 2 aliphatic heterocycles. The lowest BCUT2D eigenvalue weighted by atomic mass is 10.2. The molecule has 3 heterocycles. The van der Waals surface area contributed by atoms with Crippen LogP contribution < -0.4 is 5.32 Å².